The molecule has 0 aromatic heterocycles. The summed E-state index contributed by atoms with van der Waals surface area (Å²) in [6.07, 6.45) is 23.6. The summed E-state index contributed by atoms with van der Waals surface area (Å²) in [4.78, 5) is 0. The average molecular weight is 355 g/mol. The van der Waals surface area contributed by atoms with E-state index in [0.29, 0.717) is 0 Å². The molecule has 0 heterocycles. The molecule has 0 nitrogen and oxygen atoms in total. The van der Waals surface area contributed by atoms with Crippen LogP contribution in [0.15, 0.2) is 0 Å². The van der Waals surface area contributed by atoms with Crippen LogP contribution < -0.4 is 0 Å². The average Bonchev–Trinajstić information content (AvgIpc) is 2.57. The minimum absolute atomic E-state index is 0.447. The molecule has 0 aliphatic rings. The summed E-state index contributed by atoms with van der Waals surface area (Å²) in [6.45, 7) is 9.63. The van der Waals surface area contributed by atoms with Gasteiger partial charge in [0.1, 0.15) is 0 Å². The lowest BCUT2D eigenvalue weighted by Crippen LogP contribution is -2.16. The molecular weight excluding hydrogens is 304 g/mol. The molecule has 24 heavy (non-hydrogen) atoms. The molecular formula is C23H50Si. The van der Waals surface area contributed by atoms with Crippen molar-refractivity contribution in [2.75, 3.05) is 0 Å². The zero-order valence-electron chi connectivity index (χ0n) is 17.9. The van der Waals surface area contributed by atoms with E-state index < -0.39 is 8.80 Å². The Hall–Kier alpha value is 0.217. The molecule has 0 N–H and O–H groups in total. The summed E-state index contributed by atoms with van der Waals surface area (Å²) >= 11 is 0. The second kappa shape index (κ2) is 19.5. The normalized spacial score (nSPS) is 11.8. The van der Waals surface area contributed by atoms with Gasteiger partial charge in [0.05, 0.1) is 0 Å². The third-order valence-electron chi connectivity index (χ3n) is 5.80. The molecule has 0 spiro atoms. The molecule has 0 saturated heterocycles. The lowest BCUT2D eigenvalue weighted by molar-refractivity contribution is 0.580. The van der Waals surface area contributed by atoms with E-state index in [1.54, 1.807) is 24.9 Å². The maximum Gasteiger partial charge on any atom is 0.0393 e. The summed E-state index contributed by atoms with van der Waals surface area (Å²) in [5, 5.41) is 0. The molecule has 0 rings (SSSR count). The lowest BCUT2D eigenvalue weighted by Gasteiger charge is -2.19. The van der Waals surface area contributed by atoms with Crippen LogP contribution in [0.5, 0.6) is 0 Å². The van der Waals surface area contributed by atoms with Crippen molar-refractivity contribution in [2.45, 2.75) is 148 Å². The monoisotopic (exact) mass is 354 g/mol. The molecule has 1 heteroatoms. The largest absolute Gasteiger partial charge is 0.0654 e. The summed E-state index contributed by atoms with van der Waals surface area (Å²) < 4.78 is 0. The summed E-state index contributed by atoms with van der Waals surface area (Å²) in [6, 6.07) is 3.26. The van der Waals surface area contributed by atoms with E-state index in [-0.39, 0.29) is 0 Å². The van der Waals surface area contributed by atoms with Crippen molar-refractivity contribution in [3.8, 4) is 0 Å². The Morgan fingerprint density at radius 1 is 0.458 bits per heavy atom. The van der Waals surface area contributed by atoms with Crippen LogP contribution in [0.25, 0.3) is 0 Å². The Balaban J connectivity index is 3.47. The van der Waals surface area contributed by atoms with Crippen molar-refractivity contribution in [2.24, 2.45) is 0 Å². The molecule has 0 aromatic rings. The van der Waals surface area contributed by atoms with E-state index in [2.05, 4.69) is 27.7 Å². The van der Waals surface area contributed by atoms with Crippen LogP contribution >= 0.6 is 0 Å². The Morgan fingerprint density at radius 3 is 1.04 bits per heavy atom. The molecule has 146 valence electrons. The van der Waals surface area contributed by atoms with Gasteiger partial charge in [-0.25, -0.2) is 0 Å². The molecule has 0 saturated carbocycles. The fourth-order valence-corrected chi connectivity index (χ4v) is 7.14. The van der Waals surface area contributed by atoms with Crippen LogP contribution in [0, 0.1) is 0 Å². The van der Waals surface area contributed by atoms with Gasteiger partial charge in [0.15, 0.2) is 0 Å². The molecule has 0 radical (unpaired) electrons. The minimum atomic E-state index is -0.447. The highest BCUT2D eigenvalue weighted by Crippen LogP contribution is 2.23. The van der Waals surface area contributed by atoms with E-state index in [9.17, 15) is 0 Å². The Labute approximate surface area is 157 Å². The third-order valence-corrected chi connectivity index (χ3v) is 9.99. The first-order valence-electron chi connectivity index (χ1n) is 11.7. The van der Waals surface area contributed by atoms with Crippen LogP contribution in [0.2, 0.25) is 17.6 Å². The van der Waals surface area contributed by atoms with Gasteiger partial charge in [-0.15, -0.1) is 0 Å². The predicted molar refractivity (Wildman–Crippen MR) is 117 cm³/mol. The van der Waals surface area contributed by atoms with Crippen molar-refractivity contribution >= 4 is 8.80 Å². The fourth-order valence-electron chi connectivity index (χ4n) is 3.89. The fraction of sp³-hybridized carbons (Fsp3) is 1.00. The molecule has 0 aliphatic carbocycles. The highest BCUT2D eigenvalue weighted by atomic mass is 28.3. The van der Waals surface area contributed by atoms with E-state index in [1.165, 1.54) is 89.9 Å². The van der Waals surface area contributed by atoms with Gasteiger partial charge in [0.25, 0.3) is 0 Å². The first-order chi connectivity index (χ1) is 11.7. The van der Waals surface area contributed by atoms with Crippen LogP contribution in [0.3, 0.4) is 0 Å². The highest BCUT2D eigenvalue weighted by molar-refractivity contribution is 6.60. The van der Waals surface area contributed by atoms with Gasteiger partial charge >= 0.3 is 0 Å². The smallest absolute Gasteiger partial charge is 0.0393 e. The van der Waals surface area contributed by atoms with Crippen LogP contribution in [-0.2, 0) is 0 Å². The standard InChI is InChI=1S/C23H50Si/c1-5-7-9-11-13-15-17-19-21-24(23(3)4)22-20-18-16-14-12-10-8-6-2/h23-24H,5-22H2,1-4H3. The van der Waals surface area contributed by atoms with Crippen LogP contribution in [-0.4, -0.2) is 8.80 Å². The SMILES string of the molecule is CCCCCCCCCC[SiH](CCCCCCCCCC)C(C)C. The second-order valence-electron chi connectivity index (χ2n) is 8.53. The van der Waals surface area contributed by atoms with Gasteiger partial charge in [0.2, 0.25) is 0 Å². The van der Waals surface area contributed by atoms with Gasteiger partial charge < -0.3 is 0 Å². The molecule has 0 bridgehead atoms. The van der Waals surface area contributed by atoms with Crippen molar-refractivity contribution in [3.05, 3.63) is 0 Å². The van der Waals surface area contributed by atoms with Gasteiger partial charge in [-0.2, -0.15) is 0 Å². The zero-order valence-corrected chi connectivity index (χ0v) is 19.0. The maximum absolute atomic E-state index is 2.51. The third kappa shape index (κ3) is 17.1. The van der Waals surface area contributed by atoms with E-state index in [1.807, 2.05) is 0 Å². The van der Waals surface area contributed by atoms with Crippen molar-refractivity contribution in [3.63, 3.8) is 0 Å². The van der Waals surface area contributed by atoms with Gasteiger partial charge in [-0.3, -0.25) is 0 Å². The zero-order chi connectivity index (χ0) is 17.9. The van der Waals surface area contributed by atoms with Crippen LogP contribution in [0.1, 0.15) is 130 Å². The maximum atomic E-state index is 2.51. The summed E-state index contributed by atoms with van der Waals surface area (Å²) in [5.41, 5.74) is 1.03. The first kappa shape index (κ1) is 24.2. The van der Waals surface area contributed by atoms with Crippen molar-refractivity contribution < 1.29 is 0 Å². The number of rotatable bonds is 19. The molecule has 0 aliphatic heterocycles. The quantitative estimate of drug-likeness (QED) is 0.160. The minimum Gasteiger partial charge on any atom is -0.0654 e. The first-order valence-corrected chi connectivity index (χ1v) is 14.0. The van der Waals surface area contributed by atoms with Gasteiger partial charge in [-0.05, 0) is 0 Å². The van der Waals surface area contributed by atoms with Gasteiger partial charge in [0, 0.05) is 8.80 Å². The van der Waals surface area contributed by atoms with E-state index >= 15 is 0 Å². The lowest BCUT2D eigenvalue weighted by atomic mass is 10.1. The van der Waals surface area contributed by atoms with Gasteiger partial charge in [-0.1, -0.05) is 148 Å². The summed E-state index contributed by atoms with van der Waals surface area (Å²) in [5.74, 6) is 0. The van der Waals surface area contributed by atoms with Crippen molar-refractivity contribution in [1.82, 2.24) is 0 Å². The number of unbranched alkanes of at least 4 members (excludes halogenated alkanes) is 14. The van der Waals surface area contributed by atoms with Crippen LogP contribution in [0.4, 0.5) is 0 Å². The molecule has 0 atom stereocenters. The Bertz CT molecular complexity index is 204. The Kier molecular flexibility index (Phi) is 19.7. The topological polar surface area (TPSA) is 0 Å². The van der Waals surface area contributed by atoms with Crippen molar-refractivity contribution in [1.29, 1.82) is 0 Å². The predicted octanol–water partition coefficient (Wildman–Crippen LogP) is 8.90. The highest BCUT2D eigenvalue weighted by Gasteiger charge is 2.14. The molecule has 0 aromatic carbocycles. The number of hydrogen-bond donors (Lipinski definition) is 0. The number of hydrogen-bond acceptors (Lipinski definition) is 0. The van der Waals surface area contributed by atoms with E-state index in [0.717, 1.165) is 5.54 Å². The molecule has 0 fully saturated rings. The van der Waals surface area contributed by atoms with E-state index in [4.69, 9.17) is 0 Å². The molecule has 0 amide bonds. The molecule has 0 unspecified atom stereocenters. The second-order valence-corrected chi connectivity index (χ2v) is 12.5. The Morgan fingerprint density at radius 2 is 0.750 bits per heavy atom. The summed E-state index contributed by atoms with van der Waals surface area (Å²) in [7, 11) is -0.447.